The van der Waals surface area contributed by atoms with Gasteiger partial charge in [0.25, 0.3) is 0 Å². The molecule has 0 spiro atoms. The van der Waals surface area contributed by atoms with Crippen LogP contribution in [-0.4, -0.2) is 99.2 Å². The second-order valence-electron chi connectivity index (χ2n) is 9.40. The second kappa shape index (κ2) is 10.2. The summed E-state index contributed by atoms with van der Waals surface area (Å²) in [6.45, 7) is 9.07. The molecular formula is C24H39FN6. The van der Waals surface area contributed by atoms with Gasteiger partial charge in [0.1, 0.15) is 5.82 Å². The Kier molecular flexibility index (Phi) is 7.33. The third kappa shape index (κ3) is 5.14. The lowest BCUT2D eigenvalue weighted by Gasteiger charge is -2.50. The number of halogens is 1. The van der Waals surface area contributed by atoms with Crippen LogP contribution in [0.15, 0.2) is 29.3 Å². The summed E-state index contributed by atoms with van der Waals surface area (Å²) in [5.74, 6) is 0.854. The molecule has 7 heteroatoms. The Labute approximate surface area is 187 Å². The van der Waals surface area contributed by atoms with Crippen LogP contribution in [0.5, 0.6) is 0 Å². The second-order valence-corrected chi connectivity index (χ2v) is 9.40. The van der Waals surface area contributed by atoms with E-state index in [2.05, 4.69) is 37.0 Å². The first-order chi connectivity index (χ1) is 15.1. The molecule has 3 saturated heterocycles. The number of nitrogens with one attached hydrogen (secondary N) is 1. The Hall–Kier alpha value is -1.86. The average molecular weight is 431 g/mol. The molecule has 0 bridgehead atoms. The van der Waals surface area contributed by atoms with Crippen LogP contribution >= 0.6 is 0 Å². The van der Waals surface area contributed by atoms with Crippen molar-refractivity contribution < 1.29 is 4.39 Å². The molecule has 1 aromatic carbocycles. The minimum Gasteiger partial charge on any atom is -0.366 e. The van der Waals surface area contributed by atoms with Crippen LogP contribution in [0.1, 0.15) is 32.1 Å². The van der Waals surface area contributed by atoms with Crippen molar-refractivity contribution in [3.8, 4) is 0 Å². The molecule has 172 valence electrons. The summed E-state index contributed by atoms with van der Waals surface area (Å²) in [6.07, 6.45) is 6.45. The Morgan fingerprint density at radius 1 is 0.968 bits per heavy atom. The van der Waals surface area contributed by atoms with Crippen molar-refractivity contribution in [2.24, 2.45) is 4.99 Å². The summed E-state index contributed by atoms with van der Waals surface area (Å²) < 4.78 is 14.2. The summed E-state index contributed by atoms with van der Waals surface area (Å²) in [5, 5.41) is 3.75. The van der Waals surface area contributed by atoms with E-state index in [0.717, 1.165) is 51.8 Å². The Balaban J connectivity index is 1.36. The van der Waals surface area contributed by atoms with Gasteiger partial charge in [-0.3, -0.25) is 9.89 Å². The van der Waals surface area contributed by atoms with Crippen LogP contribution < -0.4 is 10.2 Å². The molecule has 0 aromatic heterocycles. The van der Waals surface area contributed by atoms with Crippen LogP contribution in [0.25, 0.3) is 0 Å². The van der Waals surface area contributed by atoms with E-state index in [0.29, 0.717) is 5.69 Å². The van der Waals surface area contributed by atoms with Crippen molar-refractivity contribution in [2.75, 3.05) is 77.9 Å². The van der Waals surface area contributed by atoms with Crippen LogP contribution in [-0.2, 0) is 0 Å². The fourth-order valence-electron chi connectivity index (χ4n) is 5.45. The van der Waals surface area contributed by atoms with E-state index >= 15 is 0 Å². The highest BCUT2D eigenvalue weighted by Crippen LogP contribution is 2.31. The van der Waals surface area contributed by atoms with Gasteiger partial charge in [-0.1, -0.05) is 18.6 Å². The highest BCUT2D eigenvalue weighted by molar-refractivity contribution is 5.80. The SMILES string of the molecule is CN=C(NCC1(N2CCCCC2)CCN(C)CC1)N1CCN(c2ccccc2F)CC1. The predicted octanol–water partition coefficient (Wildman–Crippen LogP) is 2.47. The zero-order valence-electron chi connectivity index (χ0n) is 19.3. The van der Waals surface area contributed by atoms with E-state index in [4.69, 9.17) is 0 Å². The minimum absolute atomic E-state index is 0.135. The number of hydrogen-bond acceptors (Lipinski definition) is 4. The van der Waals surface area contributed by atoms with E-state index in [-0.39, 0.29) is 11.4 Å². The molecule has 0 amide bonds. The zero-order chi connectivity index (χ0) is 21.7. The first-order valence-corrected chi connectivity index (χ1v) is 12.0. The molecule has 3 aliphatic heterocycles. The molecule has 3 fully saturated rings. The smallest absolute Gasteiger partial charge is 0.193 e. The Morgan fingerprint density at radius 3 is 2.29 bits per heavy atom. The number of benzene rings is 1. The first-order valence-electron chi connectivity index (χ1n) is 12.0. The number of aliphatic imine (C=N–C) groups is 1. The highest BCUT2D eigenvalue weighted by atomic mass is 19.1. The van der Waals surface area contributed by atoms with Crippen molar-refractivity contribution in [2.45, 2.75) is 37.6 Å². The lowest BCUT2D eigenvalue weighted by molar-refractivity contribution is 0.0169. The Bertz CT molecular complexity index is 731. The number of rotatable bonds is 4. The van der Waals surface area contributed by atoms with Gasteiger partial charge in [0.15, 0.2) is 5.96 Å². The van der Waals surface area contributed by atoms with Gasteiger partial charge in [0.2, 0.25) is 0 Å². The van der Waals surface area contributed by atoms with Crippen molar-refractivity contribution in [3.63, 3.8) is 0 Å². The lowest BCUT2D eigenvalue weighted by atomic mass is 9.84. The molecule has 4 rings (SSSR count). The third-order valence-corrected chi connectivity index (χ3v) is 7.50. The molecule has 0 aliphatic carbocycles. The number of piperazine rings is 1. The minimum atomic E-state index is -0.135. The van der Waals surface area contributed by atoms with Gasteiger partial charge >= 0.3 is 0 Å². The summed E-state index contributed by atoms with van der Waals surface area (Å²) in [7, 11) is 4.12. The van der Waals surface area contributed by atoms with Gasteiger partial charge < -0.3 is 20.0 Å². The van der Waals surface area contributed by atoms with Crippen LogP contribution in [0.3, 0.4) is 0 Å². The van der Waals surface area contributed by atoms with Crippen molar-refractivity contribution in [3.05, 3.63) is 30.1 Å². The van der Waals surface area contributed by atoms with Crippen LogP contribution in [0.4, 0.5) is 10.1 Å². The zero-order valence-corrected chi connectivity index (χ0v) is 19.3. The van der Waals surface area contributed by atoms with Gasteiger partial charge in [0, 0.05) is 45.3 Å². The number of anilines is 1. The molecule has 6 nitrogen and oxygen atoms in total. The standard InChI is InChI=1S/C24H39FN6/c1-26-23(30-18-16-29(17-19-30)22-9-5-4-8-21(22)25)27-20-24(10-14-28(2)15-11-24)31-12-6-3-7-13-31/h4-5,8-9H,3,6-7,10-20H2,1-2H3,(H,26,27). The molecule has 31 heavy (non-hydrogen) atoms. The summed E-state index contributed by atoms with van der Waals surface area (Å²) in [6, 6.07) is 7.08. The van der Waals surface area contributed by atoms with Gasteiger partial charge in [0.05, 0.1) is 5.69 Å². The fourth-order valence-corrected chi connectivity index (χ4v) is 5.45. The van der Waals surface area contributed by atoms with E-state index in [1.807, 2.05) is 19.2 Å². The van der Waals surface area contributed by atoms with Gasteiger partial charge in [-0.25, -0.2) is 4.39 Å². The molecule has 0 radical (unpaired) electrons. The topological polar surface area (TPSA) is 37.4 Å². The quantitative estimate of drug-likeness (QED) is 0.587. The largest absolute Gasteiger partial charge is 0.366 e. The molecule has 3 aliphatic rings. The third-order valence-electron chi connectivity index (χ3n) is 7.50. The molecule has 1 aromatic rings. The Morgan fingerprint density at radius 2 is 1.65 bits per heavy atom. The maximum atomic E-state index is 14.2. The maximum absolute atomic E-state index is 14.2. The number of hydrogen-bond donors (Lipinski definition) is 1. The molecule has 3 heterocycles. The lowest BCUT2D eigenvalue weighted by Crippen LogP contribution is -2.63. The van der Waals surface area contributed by atoms with Crippen LogP contribution in [0, 0.1) is 5.82 Å². The fraction of sp³-hybridized carbons (Fsp3) is 0.708. The summed E-state index contributed by atoms with van der Waals surface area (Å²) in [4.78, 5) is 14.3. The normalized spacial score (nSPS) is 23.8. The van der Waals surface area contributed by atoms with Crippen molar-refractivity contribution in [1.29, 1.82) is 0 Å². The average Bonchev–Trinajstić information content (AvgIpc) is 2.82. The van der Waals surface area contributed by atoms with Gasteiger partial charge in [-0.2, -0.15) is 0 Å². The number of guanidine groups is 1. The maximum Gasteiger partial charge on any atom is 0.193 e. The molecule has 0 unspecified atom stereocenters. The van der Waals surface area contributed by atoms with E-state index in [9.17, 15) is 4.39 Å². The molecule has 1 N–H and O–H groups in total. The number of likely N-dealkylation sites (tertiary alicyclic amines) is 2. The van der Waals surface area contributed by atoms with E-state index in [1.165, 1.54) is 45.2 Å². The van der Waals surface area contributed by atoms with Crippen molar-refractivity contribution in [1.82, 2.24) is 20.0 Å². The monoisotopic (exact) mass is 430 g/mol. The number of nitrogens with zero attached hydrogens (tertiary/aromatic N) is 5. The highest BCUT2D eigenvalue weighted by Gasteiger charge is 2.40. The molecule has 0 atom stereocenters. The van der Waals surface area contributed by atoms with E-state index in [1.54, 1.807) is 12.1 Å². The van der Waals surface area contributed by atoms with Gasteiger partial charge in [-0.05, 0) is 71.0 Å². The first kappa shape index (κ1) is 22.3. The predicted molar refractivity (Wildman–Crippen MR) is 126 cm³/mol. The van der Waals surface area contributed by atoms with Crippen LogP contribution in [0.2, 0.25) is 0 Å². The summed E-state index contributed by atoms with van der Waals surface area (Å²) in [5.41, 5.74) is 0.943. The van der Waals surface area contributed by atoms with E-state index < -0.39 is 0 Å². The van der Waals surface area contributed by atoms with Gasteiger partial charge in [-0.15, -0.1) is 0 Å². The summed E-state index contributed by atoms with van der Waals surface area (Å²) >= 11 is 0. The number of piperidine rings is 2. The number of para-hydroxylation sites is 1. The molecule has 0 saturated carbocycles. The molecular weight excluding hydrogens is 391 g/mol. The van der Waals surface area contributed by atoms with Crippen molar-refractivity contribution >= 4 is 11.6 Å².